The molecular weight excluding hydrogens is 140 g/mol. The first-order chi connectivity index (χ1) is 5.39. The van der Waals surface area contributed by atoms with Gasteiger partial charge in [0.15, 0.2) is 5.79 Å². The fourth-order valence-electron chi connectivity index (χ4n) is 3.05. The topological polar surface area (TPSA) is 18.5 Å². The normalized spacial score (nSPS) is 45.8. The highest BCUT2D eigenvalue weighted by Crippen LogP contribution is 2.54. The third-order valence-corrected chi connectivity index (χ3v) is 3.51. The second kappa shape index (κ2) is 1.99. The Hall–Kier alpha value is -0.0800. The molecule has 3 fully saturated rings. The number of rotatable bonds is 0. The Labute approximate surface area is 66.9 Å². The lowest BCUT2D eigenvalue weighted by Crippen LogP contribution is -2.36. The molecular formula is C9H14O2. The van der Waals surface area contributed by atoms with Crippen LogP contribution in [0, 0.1) is 11.8 Å². The van der Waals surface area contributed by atoms with Gasteiger partial charge in [-0.15, -0.1) is 0 Å². The predicted octanol–water partition coefficient (Wildman–Crippen LogP) is 1.55. The SMILES string of the molecule is C1COC2(CC3CCC2C3)O1. The molecule has 11 heavy (non-hydrogen) atoms. The van der Waals surface area contributed by atoms with E-state index < -0.39 is 0 Å². The van der Waals surface area contributed by atoms with Gasteiger partial charge in [-0.3, -0.25) is 0 Å². The van der Waals surface area contributed by atoms with E-state index in [2.05, 4.69) is 0 Å². The molecule has 1 aliphatic heterocycles. The van der Waals surface area contributed by atoms with E-state index >= 15 is 0 Å². The van der Waals surface area contributed by atoms with Crippen LogP contribution in [0.1, 0.15) is 25.7 Å². The Kier molecular flexibility index (Phi) is 1.16. The Balaban J connectivity index is 1.88. The van der Waals surface area contributed by atoms with Crippen LogP contribution in [-0.2, 0) is 9.47 Å². The Morgan fingerprint density at radius 3 is 2.45 bits per heavy atom. The number of ether oxygens (including phenoxy) is 2. The van der Waals surface area contributed by atoms with Crippen molar-refractivity contribution < 1.29 is 9.47 Å². The fraction of sp³-hybridized carbons (Fsp3) is 1.00. The maximum Gasteiger partial charge on any atom is 0.171 e. The van der Waals surface area contributed by atoms with Gasteiger partial charge in [0.05, 0.1) is 13.2 Å². The molecule has 0 aromatic heterocycles. The zero-order chi connectivity index (χ0) is 7.31. The van der Waals surface area contributed by atoms with Gasteiger partial charge in [-0.1, -0.05) is 0 Å². The van der Waals surface area contributed by atoms with Gasteiger partial charge in [-0.05, 0) is 25.2 Å². The summed E-state index contributed by atoms with van der Waals surface area (Å²) in [5.41, 5.74) is 0. The minimum absolute atomic E-state index is 0.0943. The van der Waals surface area contributed by atoms with Gasteiger partial charge in [-0.2, -0.15) is 0 Å². The van der Waals surface area contributed by atoms with Crippen LogP contribution in [-0.4, -0.2) is 19.0 Å². The van der Waals surface area contributed by atoms with Gasteiger partial charge >= 0.3 is 0 Å². The monoisotopic (exact) mass is 154 g/mol. The van der Waals surface area contributed by atoms with E-state index in [1.54, 1.807) is 0 Å². The highest BCUT2D eigenvalue weighted by atomic mass is 16.7. The molecule has 62 valence electrons. The molecule has 2 atom stereocenters. The molecule has 1 saturated heterocycles. The first kappa shape index (κ1) is 6.44. The van der Waals surface area contributed by atoms with Gasteiger partial charge in [-0.25, -0.2) is 0 Å². The van der Waals surface area contributed by atoms with Crippen molar-refractivity contribution in [1.29, 1.82) is 0 Å². The van der Waals surface area contributed by atoms with Crippen LogP contribution in [0.15, 0.2) is 0 Å². The molecule has 2 nitrogen and oxygen atoms in total. The van der Waals surface area contributed by atoms with Crippen LogP contribution in [0.4, 0.5) is 0 Å². The van der Waals surface area contributed by atoms with Crippen molar-refractivity contribution in [2.75, 3.05) is 13.2 Å². The standard InChI is InChI=1S/C9H14O2/c1-2-8-5-7(1)6-9(8)10-3-4-11-9/h7-8H,1-6H2. The molecule has 2 bridgehead atoms. The van der Waals surface area contributed by atoms with Crippen molar-refractivity contribution >= 4 is 0 Å². The van der Waals surface area contributed by atoms with E-state index in [-0.39, 0.29) is 5.79 Å². The van der Waals surface area contributed by atoms with Crippen molar-refractivity contribution in [3.8, 4) is 0 Å². The van der Waals surface area contributed by atoms with Crippen molar-refractivity contribution in [3.63, 3.8) is 0 Å². The summed E-state index contributed by atoms with van der Waals surface area (Å²) in [5.74, 6) is 1.55. The van der Waals surface area contributed by atoms with E-state index in [1.807, 2.05) is 0 Å². The van der Waals surface area contributed by atoms with Crippen LogP contribution in [0.3, 0.4) is 0 Å². The van der Waals surface area contributed by atoms with E-state index in [0.29, 0.717) is 0 Å². The van der Waals surface area contributed by atoms with Crippen LogP contribution in [0.2, 0.25) is 0 Å². The summed E-state index contributed by atoms with van der Waals surface area (Å²) in [6.07, 6.45) is 5.29. The smallest absolute Gasteiger partial charge is 0.171 e. The van der Waals surface area contributed by atoms with Gasteiger partial charge < -0.3 is 9.47 Å². The minimum atomic E-state index is -0.0943. The second-order valence-corrected chi connectivity index (χ2v) is 4.09. The molecule has 0 aromatic carbocycles. The van der Waals surface area contributed by atoms with Crippen LogP contribution in [0.5, 0.6) is 0 Å². The molecule has 2 heteroatoms. The van der Waals surface area contributed by atoms with Crippen molar-refractivity contribution in [1.82, 2.24) is 0 Å². The molecule has 3 rings (SSSR count). The average Bonchev–Trinajstić information content (AvgIpc) is 2.64. The lowest BCUT2D eigenvalue weighted by molar-refractivity contribution is -0.190. The van der Waals surface area contributed by atoms with Gasteiger partial charge in [0.1, 0.15) is 0 Å². The number of fused-ring (bicyclic) bond motifs is 3. The van der Waals surface area contributed by atoms with Crippen molar-refractivity contribution in [3.05, 3.63) is 0 Å². The maximum atomic E-state index is 5.71. The predicted molar refractivity (Wildman–Crippen MR) is 40.1 cm³/mol. The average molecular weight is 154 g/mol. The number of hydrogen-bond acceptors (Lipinski definition) is 2. The Bertz CT molecular complexity index is 172. The highest BCUT2D eigenvalue weighted by molar-refractivity contribution is 4.98. The van der Waals surface area contributed by atoms with Crippen LogP contribution in [0.25, 0.3) is 0 Å². The van der Waals surface area contributed by atoms with Crippen molar-refractivity contribution in [2.45, 2.75) is 31.5 Å². The van der Waals surface area contributed by atoms with Gasteiger partial charge in [0.2, 0.25) is 0 Å². The second-order valence-electron chi connectivity index (χ2n) is 4.09. The molecule has 2 aliphatic carbocycles. The lowest BCUT2D eigenvalue weighted by Gasteiger charge is -2.31. The van der Waals surface area contributed by atoms with E-state index in [1.165, 1.54) is 25.7 Å². The summed E-state index contributed by atoms with van der Waals surface area (Å²) in [6.45, 7) is 1.65. The fourth-order valence-corrected chi connectivity index (χ4v) is 3.05. The largest absolute Gasteiger partial charge is 0.347 e. The summed E-state index contributed by atoms with van der Waals surface area (Å²) < 4.78 is 11.4. The zero-order valence-electron chi connectivity index (χ0n) is 6.71. The summed E-state index contributed by atoms with van der Waals surface area (Å²) in [4.78, 5) is 0. The minimum Gasteiger partial charge on any atom is -0.347 e. The molecule has 2 saturated carbocycles. The Morgan fingerprint density at radius 2 is 1.91 bits per heavy atom. The third-order valence-electron chi connectivity index (χ3n) is 3.51. The summed E-state index contributed by atoms with van der Waals surface area (Å²) in [5, 5.41) is 0. The third kappa shape index (κ3) is 0.744. The first-order valence-corrected chi connectivity index (χ1v) is 4.67. The quantitative estimate of drug-likeness (QED) is 0.527. The van der Waals surface area contributed by atoms with Crippen molar-refractivity contribution in [2.24, 2.45) is 11.8 Å². The molecule has 1 spiro atoms. The zero-order valence-corrected chi connectivity index (χ0v) is 6.71. The summed E-state index contributed by atoms with van der Waals surface area (Å²) in [7, 11) is 0. The molecule has 0 aromatic rings. The lowest BCUT2D eigenvalue weighted by atomic mass is 9.94. The molecule has 3 aliphatic rings. The van der Waals surface area contributed by atoms with E-state index in [9.17, 15) is 0 Å². The molecule has 1 heterocycles. The first-order valence-electron chi connectivity index (χ1n) is 4.67. The maximum absolute atomic E-state index is 5.71. The molecule has 0 radical (unpaired) electrons. The van der Waals surface area contributed by atoms with Gasteiger partial charge in [0, 0.05) is 12.3 Å². The molecule has 0 amide bonds. The molecule has 2 unspecified atom stereocenters. The van der Waals surface area contributed by atoms with Crippen LogP contribution >= 0.6 is 0 Å². The van der Waals surface area contributed by atoms with Gasteiger partial charge in [0.25, 0.3) is 0 Å². The number of hydrogen-bond donors (Lipinski definition) is 0. The van der Waals surface area contributed by atoms with E-state index in [0.717, 1.165) is 25.0 Å². The summed E-state index contributed by atoms with van der Waals surface area (Å²) >= 11 is 0. The van der Waals surface area contributed by atoms with Crippen LogP contribution < -0.4 is 0 Å². The van der Waals surface area contributed by atoms with E-state index in [4.69, 9.17) is 9.47 Å². The highest BCUT2D eigenvalue weighted by Gasteiger charge is 2.54. The molecule has 0 N–H and O–H groups in total. The Morgan fingerprint density at radius 1 is 1.09 bits per heavy atom. The summed E-state index contributed by atoms with van der Waals surface area (Å²) in [6, 6.07) is 0.